The Hall–Kier alpha value is -2.40. The summed E-state index contributed by atoms with van der Waals surface area (Å²) in [5, 5.41) is 3.54. The van der Waals surface area contributed by atoms with Crippen molar-refractivity contribution in [1.82, 2.24) is 4.90 Å². The summed E-state index contributed by atoms with van der Waals surface area (Å²) >= 11 is 0. The van der Waals surface area contributed by atoms with Gasteiger partial charge in [-0.1, -0.05) is 17.2 Å². The maximum Gasteiger partial charge on any atom is 0.222 e. The standard InChI is InChI=1S/C15H20N4O3/c1-21-13-5-2-3-6-14(13)22-8-4-7-19-11-12(9-15(19)20)10-17-18-16/h2-3,5-6,12H,4,7-11H2,1H3. The van der Waals surface area contributed by atoms with Crippen LogP contribution in [0, 0.1) is 5.92 Å². The third kappa shape index (κ3) is 4.30. The Bertz CT molecular complexity index is 557. The van der Waals surface area contributed by atoms with Crippen molar-refractivity contribution in [2.45, 2.75) is 12.8 Å². The summed E-state index contributed by atoms with van der Waals surface area (Å²) < 4.78 is 10.9. The minimum atomic E-state index is 0.121. The molecule has 0 aliphatic carbocycles. The summed E-state index contributed by atoms with van der Waals surface area (Å²) in [6.45, 7) is 2.22. The SMILES string of the molecule is COc1ccccc1OCCCN1CC(CN=[N+]=[N-])CC1=O. The highest BCUT2D eigenvalue weighted by Crippen LogP contribution is 2.26. The summed E-state index contributed by atoms with van der Waals surface area (Å²) in [5.74, 6) is 1.67. The number of nitrogens with zero attached hydrogens (tertiary/aromatic N) is 4. The smallest absolute Gasteiger partial charge is 0.222 e. The quantitative estimate of drug-likeness (QED) is 0.320. The maximum atomic E-state index is 11.8. The molecule has 7 nitrogen and oxygen atoms in total. The van der Waals surface area contributed by atoms with Crippen LogP contribution in [0.1, 0.15) is 12.8 Å². The van der Waals surface area contributed by atoms with E-state index in [2.05, 4.69) is 10.0 Å². The van der Waals surface area contributed by atoms with Gasteiger partial charge in [0.1, 0.15) is 0 Å². The molecular formula is C15H20N4O3. The third-order valence-corrected chi connectivity index (χ3v) is 3.60. The van der Waals surface area contributed by atoms with E-state index in [0.717, 1.165) is 6.42 Å². The van der Waals surface area contributed by atoms with E-state index >= 15 is 0 Å². The molecule has 1 aliphatic heterocycles. The number of amides is 1. The van der Waals surface area contributed by atoms with Gasteiger partial charge in [-0.05, 0) is 30.0 Å². The zero-order chi connectivity index (χ0) is 15.8. The van der Waals surface area contributed by atoms with Crippen LogP contribution in [0.15, 0.2) is 29.4 Å². The Balaban J connectivity index is 1.72. The number of carbonyl (C=O) groups is 1. The van der Waals surface area contributed by atoms with E-state index in [1.807, 2.05) is 29.2 Å². The minimum absolute atomic E-state index is 0.121. The first kappa shape index (κ1) is 16.0. The van der Waals surface area contributed by atoms with Gasteiger partial charge in [-0.3, -0.25) is 4.79 Å². The average molecular weight is 304 g/mol. The van der Waals surface area contributed by atoms with Gasteiger partial charge in [0.15, 0.2) is 11.5 Å². The van der Waals surface area contributed by atoms with Crippen molar-refractivity contribution in [2.75, 3.05) is 33.4 Å². The number of carbonyl (C=O) groups excluding carboxylic acids is 1. The molecule has 1 atom stereocenters. The molecule has 1 saturated heterocycles. The van der Waals surface area contributed by atoms with E-state index in [4.69, 9.17) is 15.0 Å². The Morgan fingerprint density at radius 3 is 2.91 bits per heavy atom. The molecule has 22 heavy (non-hydrogen) atoms. The molecular weight excluding hydrogens is 284 g/mol. The highest BCUT2D eigenvalue weighted by atomic mass is 16.5. The van der Waals surface area contributed by atoms with Crippen molar-refractivity contribution in [3.63, 3.8) is 0 Å². The molecule has 1 aromatic carbocycles. The van der Waals surface area contributed by atoms with Gasteiger partial charge in [-0.2, -0.15) is 0 Å². The normalized spacial score (nSPS) is 17.2. The van der Waals surface area contributed by atoms with E-state index in [9.17, 15) is 4.79 Å². The van der Waals surface area contributed by atoms with Crippen LogP contribution in [0.2, 0.25) is 0 Å². The molecule has 1 fully saturated rings. The topological polar surface area (TPSA) is 87.5 Å². The lowest BCUT2D eigenvalue weighted by molar-refractivity contribution is -0.127. The highest BCUT2D eigenvalue weighted by molar-refractivity contribution is 5.78. The van der Waals surface area contributed by atoms with Crippen LogP contribution in [-0.2, 0) is 4.79 Å². The molecule has 1 unspecified atom stereocenters. The number of benzene rings is 1. The van der Waals surface area contributed by atoms with Crippen molar-refractivity contribution >= 4 is 5.91 Å². The number of likely N-dealkylation sites (tertiary alicyclic amines) is 1. The first-order valence-corrected chi connectivity index (χ1v) is 7.29. The predicted molar refractivity (Wildman–Crippen MR) is 81.8 cm³/mol. The fourth-order valence-electron chi connectivity index (χ4n) is 2.52. The van der Waals surface area contributed by atoms with Gasteiger partial charge in [-0.15, -0.1) is 0 Å². The van der Waals surface area contributed by atoms with Gasteiger partial charge in [0.25, 0.3) is 0 Å². The van der Waals surface area contributed by atoms with E-state index in [1.54, 1.807) is 7.11 Å². The molecule has 0 aromatic heterocycles. The molecule has 1 aliphatic rings. The van der Waals surface area contributed by atoms with Gasteiger partial charge in [-0.25, -0.2) is 0 Å². The summed E-state index contributed by atoms with van der Waals surface area (Å²) in [7, 11) is 1.61. The summed E-state index contributed by atoms with van der Waals surface area (Å²) in [4.78, 5) is 16.4. The number of para-hydroxylation sites is 2. The zero-order valence-corrected chi connectivity index (χ0v) is 12.6. The molecule has 0 saturated carbocycles. The van der Waals surface area contributed by atoms with Gasteiger partial charge in [0, 0.05) is 31.0 Å². The number of methoxy groups -OCH3 is 1. The number of hydrogen-bond acceptors (Lipinski definition) is 4. The summed E-state index contributed by atoms with van der Waals surface area (Å²) in [6.07, 6.45) is 1.21. The number of hydrogen-bond donors (Lipinski definition) is 0. The van der Waals surface area contributed by atoms with Crippen LogP contribution in [0.3, 0.4) is 0 Å². The second-order valence-electron chi connectivity index (χ2n) is 5.18. The third-order valence-electron chi connectivity index (χ3n) is 3.60. The van der Waals surface area contributed by atoms with Crippen LogP contribution in [-0.4, -0.2) is 44.2 Å². The fraction of sp³-hybridized carbons (Fsp3) is 0.533. The molecule has 1 heterocycles. The molecule has 1 aromatic rings. The van der Waals surface area contributed by atoms with Crippen molar-refractivity contribution < 1.29 is 14.3 Å². The molecule has 0 spiro atoms. The van der Waals surface area contributed by atoms with Crippen LogP contribution >= 0.6 is 0 Å². The molecule has 0 N–H and O–H groups in total. The first-order valence-electron chi connectivity index (χ1n) is 7.29. The first-order chi connectivity index (χ1) is 10.7. The van der Waals surface area contributed by atoms with Crippen LogP contribution in [0.5, 0.6) is 11.5 Å². The number of rotatable bonds is 8. The lowest BCUT2D eigenvalue weighted by Gasteiger charge is -2.16. The molecule has 7 heteroatoms. The monoisotopic (exact) mass is 304 g/mol. The van der Waals surface area contributed by atoms with E-state index in [1.165, 1.54) is 0 Å². The van der Waals surface area contributed by atoms with E-state index < -0.39 is 0 Å². The van der Waals surface area contributed by atoms with Crippen molar-refractivity contribution in [1.29, 1.82) is 0 Å². The Labute approximate surface area is 129 Å². The molecule has 0 bridgehead atoms. The number of azide groups is 1. The Kier molecular flexibility index (Phi) is 5.91. The maximum absolute atomic E-state index is 11.8. The Morgan fingerprint density at radius 1 is 1.41 bits per heavy atom. The van der Waals surface area contributed by atoms with Gasteiger partial charge in [0.05, 0.1) is 13.7 Å². The minimum Gasteiger partial charge on any atom is -0.493 e. The van der Waals surface area contributed by atoms with Crippen molar-refractivity contribution in [3.8, 4) is 11.5 Å². The van der Waals surface area contributed by atoms with Crippen LogP contribution in [0.25, 0.3) is 10.4 Å². The Morgan fingerprint density at radius 2 is 2.18 bits per heavy atom. The molecule has 0 radical (unpaired) electrons. The average Bonchev–Trinajstić information content (AvgIpc) is 2.90. The molecule has 118 valence electrons. The predicted octanol–water partition coefficient (Wildman–Crippen LogP) is 2.62. The van der Waals surface area contributed by atoms with Crippen LogP contribution < -0.4 is 9.47 Å². The second kappa shape index (κ2) is 8.14. The summed E-state index contributed by atoms with van der Waals surface area (Å²) in [5.41, 5.74) is 8.32. The summed E-state index contributed by atoms with van der Waals surface area (Å²) in [6, 6.07) is 7.48. The lowest BCUT2D eigenvalue weighted by atomic mass is 10.1. The van der Waals surface area contributed by atoms with Crippen molar-refractivity contribution in [2.24, 2.45) is 11.0 Å². The largest absolute Gasteiger partial charge is 0.493 e. The van der Waals surface area contributed by atoms with Crippen LogP contribution in [0.4, 0.5) is 0 Å². The van der Waals surface area contributed by atoms with E-state index in [0.29, 0.717) is 44.2 Å². The van der Waals surface area contributed by atoms with Gasteiger partial charge < -0.3 is 14.4 Å². The molecule has 1 amide bonds. The lowest BCUT2D eigenvalue weighted by Crippen LogP contribution is -2.27. The number of ether oxygens (including phenoxy) is 2. The zero-order valence-electron chi connectivity index (χ0n) is 12.6. The second-order valence-corrected chi connectivity index (χ2v) is 5.18. The van der Waals surface area contributed by atoms with Gasteiger partial charge >= 0.3 is 0 Å². The highest BCUT2D eigenvalue weighted by Gasteiger charge is 2.28. The fourth-order valence-corrected chi connectivity index (χ4v) is 2.52. The molecule has 2 rings (SSSR count). The van der Waals surface area contributed by atoms with E-state index in [-0.39, 0.29) is 11.8 Å². The van der Waals surface area contributed by atoms with Crippen molar-refractivity contribution in [3.05, 3.63) is 34.7 Å². The van der Waals surface area contributed by atoms with Gasteiger partial charge in [0.2, 0.25) is 5.91 Å².